The van der Waals surface area contributed by atoms with Gasteiger partial charge in [-0.2, -0.15) is 0 Å². The number of aliphatic hydroxyl groups is 2. The summed E-state index contributed by atoms with van der Waals surface area (Å²) in [6, 6.07) is 0. The highest BCUT2D eigenvalue weighted by Gasteiger charge is 2.64. The Morgan fingerprint density at radius 1 is 1.06 bits per heavy atom. The SMILES string of the molecule is OCC1CC=C2C3CC3C3CC3C2C1CO. The minimum Gasteiger partial charge on any atom is -0.396 e. The van der Waals surface area contributed by atoms with Crippen LogP contribution in [-0.4, -0.2) is 23.4 Å². The zero-order valence-corrected chi connectivity index (χ0v) is 9.55. The summed E-state index contributed by atoms with van der Waals surface area (Å²) in [6.45, 7) is 0.519. The molecule has 0 radical (unpaired) electrons. The second-order valence-corrected chi connectivity index (χ2v) is 6.32. The first kappa shape index (κ1) is 9.67. The van der Waals surface area contributed by atoms with E-state index in [1.54, 1.807) is 5.57 Å². The van der Waals surface area contributed by atoms with Crippen LogP contribution in [0.3, 0.4) is 0 Å². The molecule has 4 aliphatic rings. The lowest BCUT2D eigenvalue weighted by atomic mass is 9.66. The van der Waals surface area contributed by atoms with Gasteiger partial charge in [-0.15, -0.1) is 0 Å². The minimum atomic E-state index is 0.247. The second-order valence-electron chi connectivity index (χ2n) is 6.32. The molecule has 4 rings (SSSR count). The first-order chi connectivity index (χ1) is 7.85. The number of allylic oxidation sites excluding steroid dienone is 2. The van der Waals surface area contributed by atoms with Crippen LogP contribution < -0.4 is 0 Å². The molecule has 3 fully saturated rings. The Balaban J connectivity index is 1.69. The molecule has 2 heteroatoms. The van der Waals surface area contributed by atoms with Gasteiger partial charge in [0, 0.05) is 13.2 Å². The van der Waals surface area contributed by atoms with Gasteiger partial charge in [-0.25, -0.2) is 0 Å². The normalized spacial score (nSPS) is 56.9. The highest BCUT2D eigenvalue weighted by molar-refractivity contribution is 5.32. The van der Waals surface area contributed by atoms with E-state index in [2.05, 4.69) is 6.08 Å². The molecule has 0 aromatic rings. The van der Waals surface area contributed by atoms with E-state index in [4.69, 9.17) is 0 Å². The first-order valence-electron chi connectivity index (χ1n) is 6.76. The van der Waals surface area contributed by atoms with Gasteiger partial charge < -0.3 is 10.2 Å². The van der Waals surface area contributed by atoms with E-state index in [1.807, 2.05) is 0 Å². The quantitative estimate of drug-likeness (QED) is 0.691. The molecule has 4 aliphatic carbocycles. The summed E-state index contributed by atoms with van der Waals surface area (Å²) in [5.74, 6) is 5.03. The van der Waals surface area contributed by atoms with Crippen LogP contribution in [0.2, 0.25) is 0 Å². The second kappa shape index (κ2) is 3.11. The van der Waals surface area contributed by atoms with Crippen molar-refractivity contribution in [1.29, 1.82) is 0 Å². The topological polar surface area (TPSA) is 40.5 Å². The molecule has 16 heavy (non-hydrogen) atoms. The predicted octanol–water partition coefficient (Wildman–Crippen LogP) is 1.44. The Hall–Kier alpha value is -0.340. The lowest BCUT2D eigenvalue weighted by Gasteiger charge is -2.39. The smallest absolute Gasteiger partial charge is 0.0468 e. The van der Waals surface area contributed by atoms with Crippen LogP contribution in [0.4, 0.5) is 0 Å². The Kier molecular flexibility index (Phi) is 1.88. The van der Waals surface area contributed by atoms with Crippen LogP contribution in [0.15, 0.2) is 11.6 Å². The predicted molar refractivity (Wildman–Crippen MR) is 60.5 cm³/mol. The summed E-state index contributed by atoms with van der Waals surface area (Å²) in [4.78, 5) is 0. The van der Waals surface area contributed by atoms with E-state index in [-0.39, 0.29) is 13.2 Å². The molecular formula is C14H20O2. The summed E-state index contributed by atoms with van der Waals surface area (Å²) in [5.41, 5.74) is 1.67. The average molecular weight is 220 g/mol. The first-order valence-corrected chi connectivity index (χ1v) is 6.76. The number of rotatable bonds is 2. The molecule has 3 saturated carbocycles. The molecule has 0 aliphatic heterocycles. The lowest BCUT2D eigenvalue weighted by molar-refractivity contribution is 0.0680. The molecule has 0 heterocycles. The van der Waals surface area contributed by atoms with Crippen molar-refractivity contribution in [2.45, 2.75) is 19.3 Å². The van der Waals surface area contributed by atoms with Gasteiger partial charge >= 0.3 is 0 Å². The van der Waals surface area contributed by atoms with Gasteiger partial charge in [0.1, 0.15) is 0 Å². The van der Waals surface area contributed by atoms with Crippen LogP contribution in [0.1, 0.15) is 19.3 Å². The maximum absolute atomic E-state index is 9.63. The molecule has 0 aromatic carbocycles. The minimum absolute atomic E-state index is 0.247. The number of hydrogen-bond acceptors (Lipinski definition) is 2. The van der Waals surface area contributed by atoms with E-state index in [9.17, 15) is 10.2 Å². The summed E-state index contributed by atoms with van der Waals surface area (Å²) < 4.78 is 0. The molecular weight excluding hydrogens is 200 g/mol. The van der Waals surface area contributed by atoms with Crippen molar-refractivity contribution in [2.75, 3.05) is 13.2 Å². The fraction of sp³-hybridized carbons (Fsp3) is 0.857. The van der Waals surface area contributed by atoms with E-state index < -0.39 is 0 Å². The Labute approximate surface area is 96.4 Å². The van der Waals surface area contributed by atoms with Gasteiger partial charge in [-0.05, 0) is 60.7 Å². The monoisotopic (exact) mass is 220 g/mol. The molecule has 0 spiro atoms. The van der Waals surface area contributed by atoms with Gasteiger partial charge in [-0.1, -0.05) is 11.6 Å². The van der Waals surface area contributed by atoms with Crippen molar-refractivity contribution in [3.63, 3.8) is 0 Å². The molecule has 2 nitrogen and oxygen atoms in total. The van der Waals surface area contributed by atoms with Crippen LogP contribution >= 0.6 is 0 Å². The average Bonchev–Trinajstić information content (AvgIpc) is 3.15. The van der Waals surface area contributed by atoms with Crippen LogP contribution in [0.5, 0.6) is 0 Å². The Morgan fingerprint density at radius 2 is 1.94 bits per heavy atom. The third-order valence-corrected chi connectivity index (χ3v) is 5.72. The molecule has 0 bridgehead atoms. The third-order valence-electron chi connectivity index (χ3n) is 5.72. The molecule has 0 saturated heterocycles. The third kappa shape index (κ3) is 1.10. The summed E-state index contributed by atoms with van der Waals surface area (Å²) in [7, 11) is 0. The maximum Gasteiger partial charge on any atom is 0.0468 e. The molecule has 88 valence electrons. The van der Waals surface area contributed by atoms with Gasteiger partial charge in [-0.3, -0.25) is 0 Å². The van der Waals surface area contributed by atoms with E-state index in [1.165, 1.54) is 12.8 Å². The molecule has 7 atom stereocenters. The fourth-order valence-electron chi connectivity index (χ4n) is 4.79. The Morgan fingerprint density at radius 3 is 2.69 bits per heavy atom. The van der Waals surface area contributed by atoms with Crippen molar-refractivity contribution in [3.05, 3.63) is 11.6 Å². The van der Waals surface area contributed by atoms with Crippen molar-refractivity contribution < 1.29 is 10.2 Å². The van der Waals surface area contributed by atoms with Crippen molar-refractivity contribution >= 4 is 0 Å². The highest BCUT2D eigenvalue weighted by atomic mass is 16.3. The largest absolute Gasteiger partial charge is 0.396 e. The highest BCUT2D eigenvalue weighted by Crippen LogP contribution is 2.71. The Bertz CT molecular complexity index is 349. The number of aliphatic hydroxyl groups excluding tert-OH is 2. The van der Waals surface area contributed by atoms with Gasteiger partial charge in [0.25, 0.3) is 0 Å². The zero-order chi connectivity index (χ0) is 10.9. The maximum atomic E-state index is 9.63. The number of fused-ring (bicyclic) bond motifs is 6. The molecule has 2 N–H and O–H groups in total. The van der Waals surface area contributed by atoms with E-state index >= 15 is 0 Å². The standard InChI is InChI=1S/C14H20O2/c15-5-7-1-2-8-9-3-10(9)11-4-12(11)14(8)13(7)6-16/h2,7,9-16H,1,3-6H2. The zero-order valence-electron chi connectivity index (χ0n) is 9.55. The molecule has 0 aromatic heterocycles. The number of hydrogen-bond donors (Lipinski definition) is 2. The van der Waals surface area contributed by atoms with Crippen molar-refractivity contribution in [3.8, 4) is 0 Å². The lowest BCUT2D eigenvalue weighted by Crippen LogP contribution is -2.36. The van der Waals surface area contributed by atoms with Crippen LogP contribution in [0, 0.1) is 41.4 Å². The van der Waals surface area contributed by atoms with Crippen LogP contribution in [0.25, 0.3) is 0 Å². The molecule has 0 amide bonds. The van der Waals surface area contributed by atoms with E-state index in [0.29, 0.717) is 17.8 Å². The fourth-order valence-corrected chi connectivity index (χ4v) is 4.79. The van der Waals surface area contributed by atoms with Gasteiger partial charge in [0.15, 0.2) is 0 Å². The van der Waals surface area contributed by atoms with Crippen molar-refractivity contribution in [1.82, 2.24) is 0 Å². The van der Waals surface area contributed by atoms with Gasteiger partial charge in [0.2, 0.25) is 0 Å². The summed E-state index contributed by atoms with van der Waals surface area (Å²) >= 11 is 0. The summed E-state index contributed by atoms with van der Waals surface area (Å²) in [5, 5.41) is 19.0. The van der Waals surface area contributed by atoms with Crippen molar-refractivity contribution in [2.24, 2.45) is 41.4 Å². The van der Waals surface area contributed by atoms with Crippen LogP contribution in [-0.2, 0) is 0 Å². The van der Waals surface area contributed by atoms with E-state index in [0.717, 1.165) is 30.1 Å². The molecule has 7 unspecified atom stereocenters. The summed E-state index contributed by atoms with van der Waals surface area (Å²) in [6.07, 6.45) is 6.23. The van der Waals surface area contributed by atoms with Gasteiger partial charge in [0.05, 0.1) is 0 Å².